The predicted molar refractivity (Wildman–Crippen MR) is 87.8 cm³/mol. The molecule has 1 spiro atoms. The molecule has 1 aromatic carbocycles. The molecule has 6 heteroatoms. The second kappa shape index (κ2) is 4.55. The Hall–Kier alpha value is -2.08. The Bertz CT molecular complexity index is 820. The van der Waals surface area contributed by atoms with Crippen LogP contribution in [0.2, 0.25) is 0 Å². The van der Waals surface area contributed by atoms with Crippen LogP contribution in [0, 0.1) is 0 Å². The van der Waals surface area contributed by atoms with Crippen molar-refractivity contribution in [2.45, 2.75) is 55.8 Å². The number of amides is 1. The highest BCUT2D eigenvalue weighted by Crippen LogP contribution is 2.64. The summed E-state index contributed by atoms with van der Waals surface area (Å²) >= 11 is 0. The normalized spacial score (nSPS) is 37.4. The van der Waals surface area contributed by atoms with Crippen LogP contribution in [0.25, 0.3) is 0 Å². The first-order chi connectivity index (χ1) is 11.9. The number of ether oxygens (including phenoxy) is 2. The average Bonchev–Trinajstić information content (AvgIpc) is 2.92. The van der Waals surface area contributed by atoms with Gasteiger partial charge in [-0.05, 0) is 30.9 Å². The molecule has 1 saturated heterocycles. The third-order valence-corrected chi connectivity index (χ3v) is 6.87. The number of hydrogen-bond donors (Lipinski definition) is 1. The molecule has 4 aliphatic rings. The molecule has 2 heterocycles. The third-order valence-electron chi connectivity index (χ3n) is 6.87. The number of carbonyl (C=O) groups excluding carboxylic acids is 2. The SMILES string of the molecule is COc1ccc2c3c1O[C@@H]1C(=O)CC[C@]4(O)[C@H](C2)N(C(C)=O)CC[C@@]314. The van der Waals surface area contributed by atoms with Crippen LogP contribution in [0.15, 0.2) is 12.1 Å². The molecule has 1 saturated carbocycles. The molecule has 1 aromatic rings. The van der Waals surface area contributed by atoms with Crippen LogP contribution in [-0.2, 0) is 21.4 Å². The lowest BCUT2D eigenvalue weighted by molar-refractivity contribution is -0.191. The van der Waals surface area contributed by atoms with Crippen molar-refractivity contribution < 1.29 is 24.2 Å². The number of piperidine rings is 1. The second-order valence-corrected chi connectivity index (χ2v) is 7.67. The van der Waals surface area contributed by atoms with E-state index in [0.29, 0.717) is 37.3 Å². The Kier molecular flexibility index (Phi) is 2.77. The van der Waals surface area contributed by atoms with Crippen LogP contribution in [0.1, 0.15) is 37.3 Å². The van der Waals surface area contributed by atoms with Gasteiger partial charge in [-0.15, -0.1) is 0 Å². The highest BCUT2D eigenvalue weighted by Gasteiger charge is 2.73. The van der Waals surface area contributed by atoms with Crippen LogP contribution in [-0.4, -0.2) is 53.1 Å². The van der Waals surface area contributed by atoms with Gasteiger partial charge in [-0.2, -0.15) is 0 Å². The molecular weight excluding hydrogens is 322 g/mol. The molecule has 5 rings (SSSR count). The summed E-state index contributed by atoms with van der Waals surface area (Å²) in [7, 11) is 1.58. The van der Waals surface area contributed by atoms with Crippen molar-refractivity contribution in [2.24, 2.45) is 0 Å². The van der Waals surface area contributed by atoms with Crippen LogP contribution in [0.3, 0.4) is 0 Å². The summed E-state index contributed by atoms with van der Waals surface area (Å²) in [5.41, 5.74) is 0.0803. The molecule has 1 N–H and O–H groups in total. The monoisotopic (exact) mass is 343 g/mol. The van der Waals surface area contributed by atoms with Gasteiger partial charge in [0.25, 0.3) is 0 Å². The van der Waals surface area contributed by atoms with Crippen molar-refractivity contribution in [2.75, 3.05) is 13.7 Å². The molecule has 4 atom stereocenters. The minimum atomic E-state index is -1.14. The van der Waals surface area contributed by atoms with E-state index in [-0.39, 0.29) is 24.2 Å². The van der Waals surface area contributed by atoms with Gasteiger partial charge in [-0.25, -0.2) is 0 Å². The van der Waals surface area contributed by atoms with E-state index in [1.807, 2.05) is 12.1 Å². The number of carbonyl (C=O) groups is 2. The van der Waals surface area contributed by atoms with Gasteiger partial charge < -0.3 is 19.5 Å². The lowest BCUT2D eigenvalue weighted by Crippen LogP contribution is -2.77. The summed E-state index contributed by atoms with van der Waals surface area (Å²) < 4.78 is 11.6. The molecular formula is C19H21NO5. The largest absolute Gasteiger partial charge is 0.493 e. The molecule has 132 valence electrons. The zero-order valence-corrected chi connectivity index (χ0v) is 14.4. The Balaban J connectivity index is 1.82. The van der Waals surface area contributed by atoms with Gasteiger partial charge in [0.2, 0.25) is 5.91 Å². The second-order valence-electron chi connectivity index (χ2n) is 7.67. The fraction of sp³-hybridized carbons (Fsp3) is 0.579. The van der Waals surface area contributed by atoms with Crippen molar-refractivity contribution in [1.82, 2.24) is 4.90 Å². The maximum absolute atomic E-state index is 12.7. The molecule has 1 amide bonds. The minimum Gasteiger partial charge on any atom is -0.493 e. The van der Waals surface area contributed by atoms with E-state index < -0.39 is 17.1 Å². The summed E-state index contributed by atoms with van der Waals surface area (Å²) in [6.07, 6.45) is 1.07. The van der Waals surface area contributed by atoms with Crippen LogP contribution in [0.4, 0.5) is 0 Å². The number of hydrogen-bond acceptors (Lipinski definition) is 5. The quantitative estimate of drug-likeness (QED) is 0.822. The lowest BCUT2D eigenvalue weighted by Gasteiger charge is -2.62. The predicted octanol–water partition coefficient (Wildman–Crippen LogP) is 0.965. The third kappa shape index (κ3) is 1.51. The van der Waals surface area contributed by atoms with E-state index >= 15 is 0 Å². The zero-order chi connectivity index (χ0) is 17.6. The topological polar surface area (TPSA) is 76.1 Å². The van der Waals surface area contributed by atoms with Gasteiger partial charge in [-0.1, -0.05) is 6.07 Å². The molecule has 0 radical (unpaired) electrons. The molecule has 2 aliphatic carbocycles. The number of ketones is 1. The van der Waals surface area contributed by atoms with Gasteiger partial charge in [0, 0.05) is 25.5 Å². The van der Waals surface area contributed by atoms with E-state index in [4.69, 9.17) is 9.47 Å². The van der Waals surface area contributed by atoms with Gasteiger partial charge in [0.15, 0.2) is 23.4 Å². The fourth-order valence-electron chi connectivity index (χ4n) is 5.85. The number of rotatable bonds is 1. The standard InChI is InChI=1S/C19H21NO5/c1-10(21)20-8-7-18-15-11-3-4-13(24-2)16(15)25-17(18)12(22)5-6-19(18,23)14(20)9-11/h3-4,14,17,23H,5-9H2,1-2H3/t14-,17+,18+,19-/m0/s1. The first-order valence-corrected chi connectivity index (χ1v) is 8.83. The minimum absolute atomic E-state index is 0.0298. The smallest absolute Gasteiger partial charge is 0.219 e. The van der Waals surface area contributed by atoms with Gasteiger partial charge >= 0.3 is 0 Å². The number of benzene rings is 1. The molecule has 2 bridgehead atoms. The van der Waals surface area contributed by atoms with Crippen molar-refractivity contribution in [3.63, 3.8) is 0 Å². The molecule has 25 heavy (non-hydrogen) atoms. The first-order valence-electron chi connectivity index (χ1n) is 8.83. The van der Waals surface area contributed by atoms with Crippen molar-refractivity contribution in [3.05, 3.63) is 23.3 Å². The van der Waals surface area contributed by atoms with Crippen LogP contribution in [0.5, 0.6) is 11.5 Å². The Morgan fingerprint density at radius 2 is 2.20 bits per heavy atom. The highest BCUT2D eigenvalue weighted by molar-refractivity contribution is 5.90. The van der Waals surface area contributed by atoms with E-state index in [2.05, 4.69) is 0 Å². The molecule has 0 aromatic heterocycles. The summed E-state index contributed by atoms with van der Waals surface area (Å²) in [4.78, 5) is 26.7. The number of nitrogens with zero attached hydrogens (tertiary/aromatic N) is 1. The van der Waals surface area contributed by atoms with Crippen molar-refractivity contribution in [1.29, 1.82) is 0 Å². The Labute approximate surface area is 145 Å². The zero-order valence-electron chi connectivity index (χ0n) is 14.4. The Morgan fingerprint density at radius 1 is 1.40 bits per heavy atom. The molecule has 2 aliphatic heterocycles. The summed E-state index contributed by atoms with van der Waals surface area (Å²) in [5, 5.41) is 11.8. The summed E-state index contributed by atoms with van der Waals surface area (Å²) in [6, 6.07) is 3.52. The van der Waals surface area contributed by atoms with Crippen molar-refractivity contribution >= 4 is 11.7 Å². The number of methoxy groups -OCH3 is 1. The summed E-state index contributed by atoms with van der Waals surface area (Å²) in [5.74, 6) is 1.21. The maximum Gasteiger partial charge on any atom is 0.219 e. The van der Waals surface area contributed by atoms with Gasteiger partial charge in [0.1, 0.15) is 0 Å². The lowest BCUT2D eigenvalue weighted by atomic mass is 9.49. The van der Waals surface area contributed by atoms with E-state index in [9.17, 15) is 14.7 Å². The number of likely N-dealkylation sites (tertiary alicyclic amines) is 1. The number of aliphatic hydroxyl groups is 1. The first kappa shape index (κ1) is 15.2. The van der Waals surface area contributed by atoms with E-state index in [1.54, 1.807) is 18.9 Å². The number of Topliss-reactive ketones (excluding diaryl/α,β-unsaturated/α-hetero) is 1. The Morgan fingerprint density at radius 3 is 2.92 bits per heavy atom. The van der Waals surface area contributed by atoms with Gasteiger partial charge in [-0.3, -0.25) is 9.59 Å². The van der Waals surface area contributed by atoms with Crippen LogP contribution < -0.4 is 9.47 Å². The summed E-state index contributed by atoms with van der Waals surface area (Å²) in [6.45, 7) is 2.08. The van der Waals surface area contributed by atoms with E-state index in [1.165, 1.54) is 0 Å². The van der Waals surface area contributed by atoms with Crippen molar-refractivity contribution in [3.8, 4) is 11.5 Å². The maximum atomic E-state index is 12.7. The average molecular weight is 343 g/mol. The van der Waals surface area contributed by atoms with E-state index in [0.717, 1.165) is 11.1 Å². The van der Waals surface area contributed by atoms with Crippen LogP contribution >= 0.6 is 0 Å². The molecule has 2 fully saturated rings. The van der Waals surface area contributed by atoms with Gasteiger partial charge in [0.05, 0.1) is 24.2 Å². The fourth-order valence-corrected chi connectivity index (χ4v) is 5.85. The molecule has 6 nitrogen and oxygen atoms in total. The highest BCUT2D eigenvalue weighted by atomic mass is 16.5. The molecule has 0 unspecified atom stereocenters.